The largest absolute Gasteiger partial charge is 0.316 e. The van der Waals surface area contributed by atoms with Crippen molar-refractivity contribution in [3.63, 3.8) is 0 Å². The number of carbonyl (C=O) groups is 1. The lowest BCUT2D eigenvalue weighted by Gasteiger charge is -2.08. The van der Waals surface area contributed by atoms with Gasteiger partial charge in [0.15, 0.2) is 0 Å². The van der Waals surface area contributed by atoms with Gasteiger partial charge in [0.05, 0.1) is 5.52 Å². The molecule has 1 atom stereocenters. The molecule has 0 aliphatic carbocycles. The molecule has 1 aromatic carbocycles. The van der Waals surface area contributed by atoms with Crippen LogP contribution in [0.2, 0.25) is 0 Å². The summed E-state index contributed by atoms with van der Waals surface area (Å²) in [5.41, 5.74) is 0.908. The van der Waals surface area contributed by atoms with E-state index in [0.717, 1.165) is 30.4 Å². The Kier molecular flexibility index (Phi) is 3.92. The van der Waals surface area contributed by atoms with E-state index in [2.05, 4.69) is 15.6 Å². The van der Waals surface area contributed by atoms with E-state index < -0.39 is 0 Å². The second-order valence-corrected chi connectivity index (χ2v) is 5.33. The van der Waals surface area contributed by atoms with Crippen molar-refractivity contribution in [3.8, 4) is 0 Å². The van der Waals surface area contributed by atoms with Gasteiger partial charge >= 0.3 is 0 Å². The van der Waals surface area contributed by atoms with Crippen LogP contribution in [0.25, 0.3) is 10.9 Å². The van der Waals surface area contributed by atoms with Crippen LogP contribution in [0.15, 0.2) is 36.4 Å². The topological polar surface area (TPSA) is 54.0 Å². The Balaban J connectivity index is 1.59. The first-order valence-corrected chi connectivity index (χ1v) is 7.17. The molecule has 0 radical (unpaired) electrons. The maximum Gasteiger partial charge on any atom is 0.225 e. The molecule has 0 spiro atoms. The van der Waals surface area contributed by atoms with Gasteiger partial charge in [-0.25, -0.2) is 4.98 Å². The van der Waals surface area contributed by atoms with Crippen molar-refractivity contribution in [2.24, 2.45) is 5.92 Å². The summed E-state index contributed by atoms with van der Waals surface area (Å²) < 4.78 is 0. The average molecular weight is 269 g/mol. The smallest absolute Gasteiger partial charge is 0.225 e. The molecule has 20 heavy (non-hydrogen) atoms. The van der Waals surface area contributed by atoms with E-state index >= 15 is 0 Å². The monoisotopic (exact) mass is 269 g/mol. The molecule has 1 amide bonds. The van der Waals surface area contributed by atoms with Gasteiger partial charge in [-0.2, -0.15) is 0 Å². The van der Waals surface area contributed by atoms with Crippen molar-refractivity contribution in [2.75, 3.05) is 18.4 Å². The summed E-state index contributed by atoms with van der Waals surface area (Å²) in [5.74, 6) is 1.34. The molecule has 1 fully saturated rings. The molecule has 4 heteroatoms. The van der Waals surface area contributed by atoms with Crippen molar-refractivity contribution in [2.45, 2.75) is 19.3 Å². The fourth-order valence-electron chi connectivity index (χ4n) is 2.64. The molecule has 1 saturated heterocycles. The Morgan fingerprint density at radius 2 is 2.20 bits per heavy atom. The van der Waals surface area contributed by atoms with E-state index in [-0.39, 0.29) is 5.91 Å². The molecule has 2 aromatic rings. The van der Waals surface area contributed by atoms with Gasteiger partial charge in [-0.15, -0.1) is 0 Å². The summed E-state index contributed by atoms with van der Waals surface area (Å²) in [5, 5.41) is 7.30. The van der Waals surface area contributed by atoms with Crippen molar-refractivity contribution in [1.29, 1.82) is 0 Å². The summed E-state index contributed by atoms with van der Waals surface area (Å²) in [6.45, 7) is 2.13. The molecule has 4 nitrogen and oxygen atoms in total. The first-order chi connectivity index (χ1) is 9.81. The van der Waals surface area contributed by atoms with E-state index in [4.69, 9.17) is 0 Å². The van der Waals surface area contributed by atoms with Crippen LogP contribution in [-0.2, 0) is 4.79 Å². The minimum Gasteiger partial charge on any atom is -0.316 e. The molecule has 2 heterocycles. The SMILES string of the molecule is O=C(CCC1CCNC1)Nc1ccc2ccccc2n1. The number of benzene rings is 1. The molecule has 3 rings (SSSR count). The quantitative estimate of drug-likeness (QED) is 0.897. The number of amides is 1. The number of para-hydroxylation sites is 1. The number of pyridine rings is 1. The average Bonchev–Trinajstić information content (AvgIpc) is 2.98. The van der Waals surface area contributed by atoms with Gasteiger partial charge in [0.2, 0.25) is 5.91 Å². The van der Waals surface area contributed by atoms with E-state index in [9.17, 15) is 4.79 Å². The molecule has 0 bridgehead atoms. The van der Waals surface area contributed by atoms with Crippen LogP contribution in [0.4, 0.5) is 5.82 Å². The maximum atomic E-state index is 11.9. The first-order valence-electron chi connectivity index (χ1n) is 7.17. The van der Waals surface area contributed by atoms with Crippen LogP contribution >= 0.6 is 0 Å². The van der Waals surface area contributed by atoms with E-state index in [1.807, 2.05) is 36.4 Å². The Morgan fingerprint density at radius 1 is 1.30 bits per heavy atom. The van der Waals surface area contributed by atoms with Gasteiger partial charge in [0.1, 0.15) is 5.82 Å². The number of anilines is 1. The maximum absolute atomic E-state index is 11.9. The number of nitrogens with zero attached hydrogens (tertiary/aromatic N) is 1. The van der Waals surface area contributed by atoms with Crippen molar-refractivity contribution in [1.82, 2.24) is 10.3 Å². The highest BCUT2D eigenvalue weighted by molar-refractivity contribution is 5.91. The van der Waals surface area contributed by atoms with Crippen LogP contribution in [0.5, 0.6) is 0 Å². The molecule has 2 N–H and O–H groups in total. The number of rotatable bonds is 4. The Morgan fingerprint density at radius 3 is 3.05 bits per heavy atom. The molecule has 1 unspecified atom stereocenters. The normalized spacial score (nSPS) is 18.3. The predicted molar refractivity (Wildman–Crippen MR) is 80.6 cm³/mol. The number of hydrogen-bond acceptors (Lipinski definition) is 3. The summed E-state index contributed by atoms with van der Waals surface area (Å²) in [4.78, 5) is 16.4. The summed E-state index contributed by atoms with van der Waals surface area (Å²) in [6, 6.07) is 11.7. The van der Waals surface area contributed by atoms with Crippen LogP contribution in [0.1, 0.15) is 19.3 Å². The van der Waals surface area contributed by atoms with Crippen molar-refractivity contribution < 1.29 is 4.79 Å². The van der Waals surface area contributed by atoms with Crippen LogP contribution in [0, 0.1) is 5.92 Å². The molecule has 0 saturated carbocycles. The zero-order chi connectivity index (χ0) is 13.8. The lowest BCUT2D eigenvalue weighted by atomic mass is 10.0. The fraction of sp³-hybridized carbons (Fsp3) is 0.375. The number of carbonyl (C=O) groups excluding carboxylic acids is 1. The Hall–Kier alpha value is -1.94. The van der Waals surface area contributed by atoms with Crippen molar-refractivity contribution in [3.05, 3.63) is 36.4 Å². The molecule has 1 aliphatic rings. The third-order valence-corrected chi connectivity index (χ3v) is 3.81. The highest BCUT2D eigenvalue weighted by Crippen LogP contribution is 2.17. The summed E-state index contributed by atoms with van der Waals surface area (Å²) >= 11 is 0. The molecule has 104 valence electrons. The fourth-order valence-corrected chi connectivity index (χ4v) is 2.64. The lowest BCUT2D eigenvalue weighted by Crippen LogP contribution is -2.15. The number of hydrogen-bond donors (Lipinski definition) is 2. The standard InChI is InChI=1S/C16H19N3O/c20-16(8-5-12-9-10-17-11-12)19-15-7-6-13-3-1-2-4-14(13)18-15/h1-4,6-7,12,17H,5,8-11H2,(H,18,19,20). The number of fused-ring (bicyclic) bond motifs is 1. The van der Waals surface area contributed by atoms with Crippen LogP contribution < -0.4 is 10.6 Å². The minimum atomic E-state index is 0.0553. The Labute approximate surface area is 118 Å². The highest BCUT2D eigenvalue weighted by Gasteiger charge is 2.15. The molecule has 1 aromatic heterocycles. The lowest BCUT2D eigenvalue weighted by molar-refractivity contribution is -0.116. The van der Waals surface area contributed by atoms with Gasteiger partial charge in [-0.1, -0.05) is 18.2 Å². The number of aromatic nitrogens is 1. The van der Waals surface area contributed by atoms with Gasteiger partial charge < -0.3 is 10.6 Å². The van der Waals surface area contributed by atoms with E-state index in [1.54, 1.807) is 0 Å². The van der Waals surface area contributed by atoms with Gasteiger partial charge in [0.25, 0.3) is 0 Å². The van der Waals surface area contributed by atoms with Crippen LogP contribution in [0.3, 0.4) is 0 Å². The summed E-state index contributed by atoms with van der Waals surface area (Å²) in [7, 11) is 0. The van der Waals surface area contributed by atoms with E-state index in [0.29, 0.717) is 18.2 Å². The minimum absolute atomic E-state index is 0.0553. The number of nitrogens with one attached hydrogen (secondary N) is 2. The van der Waals surface area contributed by atoms with Crippen molar-refractivity contribution >= 4 is 22.6 Å². The van der Waals surface area contributed by atoms with Gasteiger partial charge in [0, 0.05) is 11.8 Å². The predicted octanol–water partition coefficient (Wildman–Crippen LogP) is 2.56. The molecular formula is C16H19N3O. The summed E-state index contributed by atoms with van der Waals surface area (Å²) in [6.07, 6.45) is 2.70. The van der Waals surface area contributed by atoms with E-state index in [1.165, 1.54) is 6.42 Å². The molecular weight excluding hydrogens is 250 g/mol. The third-order valence-electron chi connectivity index (χ3n) is 3.81. The zero-order valence-electron chi connectivity index (χ0n) is 11.4. The zero-order valence-corrected chi connectivity index (χ0v) is 11.4. The first kappa shape index (κ1) is 13.1. The molecule has 1 aliphatic heterocycles. The highest BCUT2D eigenvalue weighted by atomic mass is 16.1. The Bertz CT molecular complexity index is 605. The van der Waals surface area contributed by atoms with Gasteiger partial charge in [-0.3, -0.25) is 4.79 Å². The third kappa shape index (κ3) is 3.14. The second-order valence-electron chi connectivity index (χ2n) is 5.33. The van der Waals surface area contributed by atoms with Crippen LogP contribution in [-0.4, -0.2) is 24.0 Å². The second kappa shape index (κ2) is 6.01. The van der Waals surface area contributed by atoms with Gasteiger partial charge in [-0.05, 0) is 50.0 Å².